The summed E-state index contributed by atoms with van der Waals surface area (Å²) in [7, 11) is 0. The molecule has 2 atom stereocenters. The minimum absolute atomic E-state index is 0.0550. The molecule has 0 aliphatic carbocycles. The monoisotopic (exact) mass is 258 g/mol. The summed E-state index contributed by atoms with van der Waals surface area (Å²) >= 11 is 0. The maximum absolute atomic E-state index is 11.3. The SMILES string of the molecule is CCOC(=O)/C=C/[C@H](C)[C@H]1C=Cc2ccccc2O1. The molecule has 3 heteroatoms. The lowest BCUT2D eigenvalue weighted by atomic mass is 10.00. The van der Waals surface area contributed by atoms with Gasteiger partial charge in [0, 0.05) is 17.6 Å². The minimum Gasteiger partial charge on any atom is -0.485 e. The molecule has 0 amide bonds. The highest BCUT2D eigenvalue weighted by atomic mass is 16.5. The van der Waals surface area contributed by atoms with Gasteiger partial charge in [0.1, 0.15) is 11.9 Å². The molecule has 0 saturated heterocycles. The highest BCUT2D eigenvalue weighted by molar-refractivity contribution is 5.81. The van der Waals surface area contributed by atoms with Crippen LogP contribution in [-0.4, -0.2) is 18.7 Å². The number of carbonyl (C=O) groups is 1. The first kappa shape index (κ1) is 13.4. The predicted octanol–water partition coefficient (Wildman–Crippen LogP) is 3.22. The molecule has 1 aromatic carbocycles. The van der Waals surface area contributed by atoms with E-state index in [1.54, 1.807) is 6.92 Å². The molecule has 0 unspecified atom stereocenters. The van der Waals surface area contributed by atoms with Gasteiger partial charge >= 0.3 is 5.97 Å². The Morgan fingerprint density at radius 1 is 1.47 bits per heavy atom. The molecule has 1 aliphatic rings. The Balaban J connectivity index is 1.99. The quantitative estimate of drug-likeness (QED) is 0.614. The van der Waals surface area contributed by atoms with Crippen molar-refractivity contribution in [1.29, 1.82) is 0 Å². The van der Waals surface area contributed by atoms with Crippen LogP contribution in [0.3, 0.4) is 0 Å². The third-order valence-corrected chi connectivity index (χ3v) is 2.99. The van der Waals surface area contributed by atoms with Crippen molar-refractivity contribution in [2.75, 3.05) is 6.61 Å². The fraction of sp³-hybridized carbons (Fsp3) is 0.312. The van der Waals surface area contributed by atoms with Crippen molar-refractivity contribution < 1.29 is 14.3 Å². The highest BCUT2D eigenvalue weighted by Gasteiger charge is 2.18. The average Bonchev–Trinajstić information content (AvgIpc) is 2.44. The maximum Gasteiger partial charge on any atom is 0.330 e. The molecular formula is C16H18O3. The van der Waals surface area contributed by atoms with Crippen molar-refractivity contribution in [3.63, 3.8) is 0 Å². The molecule has 2 rings (SSSR count). The van der Waals surface area contributed by atoms with Crippen molar-refractivity contribution in [2.45, 2.75) is 20.0 Å². The minimum atomic E-state index is -0.311. The fourth-order valence-corrected chi connectivity index (χ4v) is 1.92. The summed E-state index contributed by atoms with van der Waals surface area (Å²) in [6.07, 6.45) is 7.30. The molecule has 1 heterocycles. The molecule has 0 N–H and O–H groups in total. The summed E-state index contributed by atoms with van der Waals surface area (Å²) in [4.78, 5) is 11.3. The molecule has 0 radical (unpaired) electrons. The molecule has 19 heavy (non-hydrogen) atoms. The van der Waals surface area contributed by atoms with Crippen molar-refractivity contribution in [2.24, 2.45) is 5.92 Å². The zero-order valence-corrected chi connectivity index (χ0v) is 11.2. The van der Waals surface area contributed by atoms with Gasteiger partial charge in [0.25, 0.3) is 0 Å². The largest absolute Gasteiger partial charge is 0.485 e. The van der Waals surface area contributed by atoms with Crippen LogP contribution < -0.4 is 4.74 Å². The van der Waals surface area contributed by atoms with Gasteiger partial charge in [-0.25, -0.2) is 4.79 Å². The van der Waals surface area contributed by atoms with Gasteiger partial charge in [-0.3, -0.25) is 0 Å². The molecule has 100 valence electrons. The third-order valence-electron chi connectivity index (χ3n) is 2.99. The summed E-state index contributed by atoms with van der Waals surface area (Å²) in [6, 6.07) is 7.90. The second-order valence-electron chi connectivity index (χ2n) is 4.45. The lowest BCUT2D eigenvalue weighted by Crippen LogP contribution is -2.23. The number of carbonyl (C=O) groups excluding carboxylic acids is 1. The second kappa shape index (κ2) is 6.23. The topological polar surface area (TPSA) is 35.5 Å². The maximum atomic E-state index is 11.3. The molecule has 0 bridgehead atoms. The Kier molecular flexibility index (Phi) is 4.39. The van der Waals surface area contributed by atoms with Gasteiger partial charge in [-0.15, -0.1) is 0 Å². The van der Waals surface area contributed by atoms with Crippen LogP contribution in [0.2, 0.25) is 0 Å². The van der Waals surface area contributed by atoms with Gasteiger partial charge in [0.15, 0.2) is 0 Å². The zero-order valence-electron chi connectivity index (χ0n) is 11.2. The number of hydrogen-bond donors (Lipinski definition) is 0. The molecule has 3 nitrogen and oxygen atoms in total. The first-order valence-electron chi connectivity index (χ1n) is 6.49. The van der Waals surface area contributed by atoms with E-state index in [9.17, 15) is 4.79 Å². The van der Waals surface area contributed by atoms with E-state index in [-0.39, 0.29) is 18.0 Å². The smallest absolute Gasteiger partial charge is 0.330 e. The molecular weight excluding hydrogens is 240 g/mol. The van der Waals surface area contributed by atoms with Gasteiger partial charge in [-0.1, -0.05) is 37.3 Å². The van der Waals surface area contributed by atoms with E-state index in [2.05, 4.69) is 6.08 Å². The molecule has 0 spiro atoms. The summed E-state index contributed by atoms with van der Waals surface area (Å²) in [5, 5.41) is 0. The van der Waals surface area contributed by atoms with Gasteiger partial charge in [-0.05, 0) is 19.1 Å². The van der Waals surface area contributed by atoms with Crippen molar-refractivity contribution in [3.05, 3.63) is 48.1 Å². The number of para-hydroxylation sites is 1. The van der Waals surface area contributed by atoms with E-state index >= 15 is 0 Å². The number of fused-ring (bicyclic) bond motifs is 1. The summed E-state index contributed by atoms with van der Waals surface area (Å²) < 4.78 is 10.7. The zero-order chi connectivity index (χ0) is 13.7. The average molecular weight is 258 g/mol. The summed E-state index contributed by atoms with van der Waals surface area (Å²) in [5.74, 6) is 0.676. The number of benzene rings is 1. The fourth-order valence-electron chi connectivity index (χ4n) is 1.92. The Morgan fingerprint density at radius 2 is 2.26 bits per heavy atom. The number of ether oxygens (including phenoxy) is 2. The highest BCUT2D eigenvalue weighted by Crippen LogP contribution is 2.28. The first-order valence-corrected chi connectivity index (χ1v) is 6.49. The van der Waals surface area contributed by atoms with Crippen LogP contribution in [0.25, 0.3) is 6.08 Å². The Hall–Kier alpha value is -2.03. The standard InChI is InChI=1S/C16H18O3/c1-3-18-16(17)11-8-12(2)14-10-9-13-6-4-5-7-15(13)19-14/h4-12,14H,3H2,1-2H3/b11-8+/t12-,14+/m0/s1. The summed E-state index contributed by atoms with van der Waals surface area (Å²) in [5.41, 5.74) is 1.08. The van der Waals surface area contributed by atoms with Crippen LogP contribution in [0.5, 0.6) is 5.75 Å². The molecule has 0 fully saturated rings. The van der Waals surface area contributed by atoms with Crippen LogP contribution in [0.4, 0.5) is 0 Å². The summed E-state index contributed by atoms with van der Waals surface area (Å²) in [6.45, 7) is 4.20. The van der Waals surface area contributed by atoms with Crippen LogP contribution in [0.1, 0.15) is 19.4 Å². The van der Waals surface area contributed by atoms with Gasteiger partial charge in [-0.2, -0.15) is 0 Å². The van der Waals surface area contributed by atoms with Gasteiger partial charge < -0.3 is 9.47 Å². The molecule has 0 saturated carbocycles. The van der Waals surface area contributed by atoms with E-state index in [0.29, 0.717) is 6.61 Å². The number of hydrogen-bond acceptors (Lipinski definition) is 3. The van der Waals surface area contributed by atoms with Gasteiger partial charge in [0.05, 0.1) is 6.61 Å². The van der Waals surface area contributed by atoms with Crippen LogP contribution in [-0.2, 0) is 9.53 Å². The van der Waals surface area contributed by atoms with E-state index in [1.165, 1.54) is 6.08 Å². The number of rotatable bonds is 4. The van der Waals surface area contributed by atoms with E-state index < -0.39 is 0 Å². The normalized spacial score (nSPS) is 18.7. The van der Waals surface area contributed by atoms with Crippen molar-refractivity contribution >= 4 is 12.0 Å². The van der Waals surface area contributed by atoms with E-state index in [1.807, 2.05) is 43.3 Å². The number of esters is 1. The Labute approximate surface area is 113 Å². The van der Waals surface area contributed by atoms with Crippen molar-refractivity contribution in [1.82, 2.24) is 0 Å². The molecule has 1 aromatic rings. The first-order chi connectivity index (χ1) is 9.20. The van der Waals surface area contributed by atoms with E-state index in [0.717, 1.165) is 11.3 Å². The van der Waals surface area contributed by atoms with E-state index in [4.69, 9.17) is 9.47 Å². The van der Waals surface area contributed by atoms with Crippen molar-refractivity contribution in [3.8, 4) is 5.75 Å². The Bertz CT molecular complexity index is 502. The second-order valence-corrected chi connectivity index (χ2v) is 4.45. The lowest BCUT2D eigenvalue weighted by molar-refractivity contribution is -0.137. The van der Waals surface area contributed by atoms with Crippen LogP contribution in [0, 0.1) is 5.92 Å². The Morgan fingerprint density at radius 3 is 3.05 bits per heavy atom. The van der Waals surface area contributed by atoms with Crippen LogP contribution >= 0.6 is 0 Å². The van der Waals surface area contributed by atoms with Gasteiger partial charge in [0.2, 0.25) is 0 Å². The van der Waals surface area contributed by atoms with Crippen LogP contribution in [0.15, 0.2) is 42.5 Å². The molecule has 1 aliphatic heterocycles. The predicted molar refractivity (Wildman–Crippen MR) is 74.8 cm³/mol. The molecule has 0 aromatic heterocycles. The lowest BCUT2D eigenvalue weighted by Gasteiger charge is -2.24. The third kappa shape index (κ3) is 3.47.